The number of nitrogens with zero attached hydrogens (tertiary/aromatic N) is 4. The molecule has 0 amide bonds. The van der Waals surface area contributed by atoms with Gasteiger partial charge in [0.25, 0.3) is 0 Å². The number of halogens is 1. The van der Waals surface area contributed by atoms with Gasteiger partial charge in [0.05, 0.1) is 15.3 Å². The Labute approximate surface area is 117 Å². The molecule has 2 rings (SSSR count). The van der Waals surface area contributed by atoms with Gasteiger partial charge in [0, 0.05) is 20.3 Å². The lowest BCUT2D eigenvalue weighted by Crippen LogP contribution is -2.31. The van der Waals surface area contributed by atoms with Crippen LogP contribution in [-0.2, 0) is 0 Å². The van der Waals surface area contributed by atoms with Crippen molar-refractivity contribution in [3.63, 3.8) is 0 Å². The van der Waals surface area contributed by atoms with Gasteiger partial charge >= 0.3 is 0 Å². The van der Waals surface area contributed by atoms with Gasteiger partial charge in [-0.3, -0.25) is 4.90 Å². The third kappa shape index (κ3) is 2.88. The molecule has 5 heteroatoms. The monoisotopic (exact) mass is 346 g/mol. The molecule has 0 spiro atoms. The second-order valence-corrected chi connectivity index (χ2v) is 5.95. The van der Waals surface area contributed by atoms with Gasteiger partial charge in [-0.15, -0.1) is 0 Å². The van der Waals surface area contributed by atoms with Crippen LogP contribution in [0.4, 0.5) is 5.95 Å². The zero-order chi connectivity index (χ0) is 12.4. The van der Waals surface area contributed by atoms with Crippen molar-refractivity contribution in [2.45, 2.75) is 25.3 Å². The molecular weight excluding hydrogens is 327 g/mol. The first kappa shape index (κ1) is 13.0. The molecule has 17 heavy (non-hydrogen) atoms. The summed E-state index contributed by atoms with van der Waals surface area (Å²) >= 11 is 2.34. The fraction of sp³-hybridized carbons (Fsp3) is 0.667. The summed E-state index contributed by atoms with van der Waals surface area (Å²) in [5, 5.41) is 0. The maximum absolute atomic E-state index is 4.71. The fourth-order valence-corrected chi connectivity index (χ4v) is 2.86. The second-order valence-electron chi connectivity index (χ2n) is 4.79. The molecule has 0 saturated carbocycles. The molecule has 1 fully saturated rings. The van der Waals surface area contributed by atoms with Gasteiger partial charge in [-0.1, -0.05) is 6.42 Å². The number of hydrogen-bond acceptors (Lipinski definition) is 4. The summed E-state index contributed by atoms with van der Waals surface area (Å²) in [6.45, 7) is 1.17. The Morgan fingerprint density at radius 1 is 1.41 bits per heavy atom. The maximum Gasteiger partial charge on any atom is 0.225 e. The van der Waals surface area contributed by atoms with E-state index < -0.39 is 0 Å². The maximum atomic E-state index is 4.71. The molecule has 1 saturated heterocycles. The summed E-state index contributed by atoms with van der Waals surface area (Å²) in [5.41, 5.74) is 1.19. The zero-order valence-corrected chi connectivity index (χ0v) is 12.8. The van der Waals surface area contributed by atoms with Gasteiger partial charge in [0.15, 0.2) is 0 Å². The molecule has 2 heterocycles. The van der Waals surface area contributed by atoms with E-state index in [1.54, 1.807) is 0 Å². The zero-order valence-electron chi connectivity index (χ0n) is 10.6. The van der Waals surface area contributed by atoms with E-state index in [0.29, 0.717) is 6.04 Å². The standard InChI is InChI=1S/C12H19IN4/c1-16(2)12-14-8-9(13)11(15-12)10-6-4-5-7-17(10)3/h8,10H,4-7H2,1-3H3/t10-/m1/s1. The Balaban J connectivity index is 2.32. The third-order valence-corrected chi connectivity index (χ3v) is 4.08. The van der Waals surface area contributed by atoms with Crippen molar-refractivity contribution >= 4 is 28.5 Å². The van der Waals surface area contributed by atoms with E-state index in [9.17, 15) is 0 Å². The van der Waals surface area contributed by atoms with Crippen LogP contribution in [0.2, 0.25) is 0 Å². The summed E-state index contributed by atoms with van der Waals surface area (Å²) in [4.78, 5) is 13.4. The van der Waals surface area contributed by atoms with Crippen molar-refractivity contribution in [1.29, 1.82) is 0 Å². The average Bonchev–Trinajstić information content (AvgIpc) is 2.30. The second kappa shape index (κ2) is 5.48. The fourth-order valence-electron chi connectivity index (χ4n) is 2.24. The molecule has 0 aromatic carbocycles. The number of hydrogen-bond donors (Lipinski definition) is 0. The largest absolute Gasteiger partial charge is 0.347 e. The summed E-state index contributed by atoms with van der Waals surface area (Å²) in [6, 6.07) is 0.456. The first-order valence-electron chi connectivity index (χ1n) is 5.99. The molecule has 1 aromatic heterocycles. The van der Waals surface area contributed by atoms with Crippen molar-refractivity contribution in [2.24, 2.45) is 0 Å². The molecular formula is C12H19IN4. The van der Waals surface area contributed by atoms with Crippen LogP contribution in [0.5, 0.6) is 0 Å². The van der Waals surface area contributed by atoms with Crippen LogP contribution in [-0.4, -0.2) is 42.6 Å². The van der Waals surface area contributed by atoms with E-state index in [-0.39, 0.29) is 0 Å². The van der Waals surface area contributed by atoms with Crippen LogP contribution in [0.3, 0.4) is 0 Å². The molecule has 0 aliphatic carbocycles. The van der Waals surface area contributed by atoms with Crippen LogP contribution in [0.1, 0.15) is 31.0 Å². The van der Waals surface area contributed by atoms with E-state index in [1.165, 1.54) is 35.1 Å². The summed E-state index contributed by atoms with van der Waals surface area (Å²) in [7, 11) is 6.16. The van der Waals surface area contributed by atoms with Crippen LogP contribution in [0.25, 0.3) is 0 Å². The molecule has 1 aliphatic heterocycles. The summed E-state index contributed by atoms with van der Waals surface area (Å²) in [6.07, 6.45) is 5.73. The minimum Gasteiger partial charge on any atom is -0.347 e. The first-order valence-corrected chi connectivity index (χ1v) is 7.07. The Morgan fingerprint density at radius 2 is 2.18 bits per heavy atom. The number of anilines is 1. The molecule has 94 valence electrons. The minimum atomic E-state index is 0.456. The Hall–Kier alpha value is -0.430. The Bertz CT molecular complexity index is 394. The van der Waals surface area contributed by atoms with E-state index >= 15 is 0 Å². The summed E-state index contributed by atoms with van der Waals surface area (Å²) < 4.78 is 1.17. The number of piperidine rings is 1. The van der Waals surface area contributed by atoms with Gasteiger partial charge in [-0.25, -0.2) is 9.97 Å². The number of aromatic nitrogens is 2. The van der Waals surface area contributed by atoms with E-state index in [1.807, 2.05) is 25.2 Å². The van der Waals surface area contributed by atoms with E-state index in [0.717, 1.165) is 5.95 Å². The lowest BCUT2D eigenvalue weighted by molar-refractivity contribution is 0.183. The molecule has 0 bridgehead atoms. The molecule has 4 nitrogen and oxygen atoms in total. The predicted octanol–water partition coefficient (Wildman–Crippen LogP) is 2.30. The van der Waals surface area contributed by atoms with Gasteiger partial charge in [-0.2, -0.15) is 0 Å². The van der Waals surface area contributed by atoms with E-state index in [4.69, 9.17) is 4.98 Å². The lowest BCUT2D eigenvalue weighted by Gasteiger charge is -2.32. The molecule has 0 unspecified atom stereocenters. The minimum absolute atomic E-state index is 0.456. The highest BCUT2D eigenvalue weighted by atomic mass is 127. The van der Waals surface area contributed by atoms with Gasteiger partial charge < -0.3 is 4.90 Å². The highest BCUT2D eigenvalue weighted by Gasteiger charge is 2.24. The highest BCUT2D eigenvalue weighted by Crippen LogP contribution is 2.31. The molecule has 1 aromatic rings. The SMILES string of the molecule is CN(C)c1ncc(I)c([C@H]2CCCCN2C)n1. The van der Waals surface area contributed by atoms with Crippen LogP contribution >= 0.6 is 22.6 Å². The quantitative estimate of drug-likeness (QED) is 0.770. The van der Waals surface area contributed by atoms with Crippen molar-refractivity contribution < 1.29 is 0 Å². The number of likely N-dealkylation sites (tertiary alicyclic amines) is 1. The normalized spacial score (nSPS) is 21.5. The predicted molar refractivity (Wildman–Crippen MR) is 78.3 cm³/mol. The molecule has 1 atom stereocenters. The number of rotatable bonds is 2. The first-order chi connectivity index (χ1) is 8.09. The smallest absolute Gasteiger partial charge is 0.225 e. The topological polar surface area (TPSA) is 32.3 Å². The molecule has 0 N–H and O–H groups in total. The Morgan fingerprint density at radius 3 is 2.82 bits per heavy atom. The van der Waals surface area contributed by atoms with Crippen LogP contribution in [0, 0.1) is 3.57 Å². The van der Waals surface area contributed by atoms with Crippen molar-refractivity contribution in [3.8, 4) is 0 Å². The van der Waals surface area contributed by atoms with Crippen LogP contribution < -0.4 is 4.90 Å². The molecule has 1 aliphatic rings. The third-order valence-electron chi connectivity index (χ3n) is 3.24. The van der Waals surface area contributed by atoms with Gasteiger partial charge in [0.1, 0.15) is 0 Å². The molecule has 0 radical (unpaired) electrons. The highest BCUT2D eigenvalue weighted by molar-refractivity contribution is 14.1. The Kier molecular flexibility index (Phi) is 4.19. The van der Waals surface area contributed by atoms with Crippen molar-refractivity contribution in [2.75, 3.05) is 32.6 Å². The van der Waals surface area contributed by atoms with E-state index in [2.05, 4.69) is 39.5 Å². The van der Waals surface area contributed by atoms with Crippen molar-refractivity contribution in [1.82, 2.24) is 14.9 Å². The lowest BCUT2D eigenvalue weighted by atomic mass is 10.00. The van der Waals surface area contributed by atoms with Crippen molar-refractivity contribution in [3.05, 3.63) is 15.5 Å². The van der Waals surface area contributed by atoms with Crippen LogP contribution in [0.15, 0.2) is 6.20 Å². The average molecular weight is 346 g/mol. The van der Waals surface area contributed by atoms with Gasteiger partial charge in [-0.05, 0) is 49.0 Å². The summed E-state index contributed by atoms with van der Waals surface area (Å²) in [5.74, 6) is 0.805. The van der Waals surface area contributed by atoms with Gasteiger partial charge in [0.2, 0.25) is 5.95 Å².